The number of allylic oxidation sites excluding steroid dienone is 1. The molecule has 0 aromatic heterocycles. The summed E-state index contributed by atoms with van der Waals surface area (Å²) >= 11 is 0. The first kappa shape index (κ1) is 33.5. The van der Waals surface area contributed by atoms with Crippen molar-refractivity contribution in [2.75, 3.05) is 0 Å². The molecule has 0 radical (unpaired) electrons. The van der Waals surface area contributed by atoms with E-state index in [9.17, 15) is 21.0 Å². The van der Waals surface area contributed by atoms with Gasteiger partial charge in [-0.1, -0.05) is 54.6 Å². The van der Waals surface area contributed by atoms with Crippen molar-refractivity contribution in [1.29, 1.82) is 21.0 Å². The zero-order chi connectivity index (χ0) is 37.9. The van der Waals surface area contributed by atoms with Crippen LogP contribution in [0.4, 0.5) is 17.1 Å². The van der Waals surface area contributed by atoms with Gasteiger partial charge in [0, 0.05) is 22.3 Å². The maximum absolute atomic E-state index is 10.3. The third-order valence-corrected chi connectivity index (χ3v) is 9.23. The number of nitrogens with zero attached hydrogens (tertiary/aromatic N) is 8. The first-order valence-electron chi connectivity index (χ1n) is 16.1. The van der Waals surface area contributed by atoms with Gasteiger partial charge in [-0.3, -0.25) is 0 Å². The van der Waals surface area contributed by atoms with Gasteiger partial charge in [0.25, 0.3) is 5.70 Å². The van der Waals surface area contributed by atoms with Crippen molar-refractivity contribution in [3.8, 4) is 79.9 Å². The van der Waals surface area contributed by atoms with Crippen molar-refractivity contribution in [2.24, 2.45) is 0 Å². The van der Waals surface area contributed by atoms with Crippen molar-refractivity contribution in [3.63, 3.8) is 0 Å². The normalized spacial score (nSPS) is 11.4. The number of benzene rings is 6. The Morgan fingerprint density at radius 1 is 0.426 bits per heavy atom. The first-order chi connectivity index (χ1) is 26.4. The van der Waals surface area contributed by atoms with Gasteiger partial charge in [0.15, 0.2) is 17.1 Å². The summed E-state index contributed by atoms with van der Waals surface area (Å²) in [7, 11) is 0. The van der Waals surface area contributed by atoms with Gasteiger partial charge in [0.1, 0.15) is 0 Å². The SMILES string of the molecule is [C-]#[N+]/C(C#N)=C1/c2cc(C#N)c(-c3ccc(-c4cc(C#N)cc([N+]#[C-])c4)cc3)cc2-c2cc(-c3ccc(-c4cc(C#N)cc([N+]#[C-])c4)cc3)c([N+]#[C-])cc21. The molecule has 242 valence electrons. The van der Waals surface area contributed by atoms with Gasteiger partial charge in [0.2, 0.25) is 0 Å². The van der Waals surface area contributed by atoms with Crippen molar-refractivity contribution in [1.82, 2.24) is 0 Å². The Kier molecular flexibility index (Phi) is 8.50. The Bertz CT molecular complexity index is 2730. The predicted octanol–water partition coefficient (Wildman–Crippen LogP) is 11.8. The Labute approximate surface area is 311 Å². The Morgan fingerprint density at radius 2 is 0.907 bits per heavy atom. The topological polar surface area (TPSA) is 113 Å². The summed E-state index contributed by atoms with van der Waals surface area (Å²) in [6, 6.07) is 40.5. The van der Waals surface area contributed by atoms with Gasteiger partial charge in [-0.25, -0.2) is 24.6 Å². The quantitative estimate of drug-likeness (QED) is 0.136. The van der Waals surface area contributed by atoms with Gasteiger partial charge in [-0.05, 0) is 116 Å². The molecular weight excluding hydrogens is 665 g/mol. The molecule has 1 aliphatic rings. The highest BCUT2D eigenvalue weighted by molar-refractivity contribution is 6.07. The molecule has 0 amide bonds. The molecular formula is C46H18N8. The van der Waals surface area contributed by atoms with E-state index in [1.165, 1.54) is 12.1 Å². The number of fused-ring (bicyclic) bond motifs is 3. The molecule has 0 N–H and O–H groups in total. The summed E-state index contributed by atoms with van der Waals surface area (Å²) in [5.74, 6) is 0. The van der Waals surface area contributed by atoms with Gasteiger partial charge in [0.05, 0.1) is 56.1 Å². The van der Waals surface area contributed by atoms with Gasteiger partial charge in [-0.2, -0.15) is 15.8 Å². The number of hydrogen-bond donors (Lipinski definition) is 0. The van der Waals surface area contributed by atoms with E-state index in [0.29, 0.717) is 78.3 Å². The van der Waals surface area contributed by atoms with Gasteiger partial charge in [-0.15, -0.1) is 0 Å². The molecule has 0 saturated carbocycles. The third kappa shape index (κ3) is 5.73. The van der Waals surface area contributed by atoms with Crippen LogP contribution in [0.1, 0.15) is 27.8 Å². The highest BCUT2D eigenvalue weighted by Crippen LogP contribution is 2.51. The van der Waals surface area contributed by atoms with Crippen LogP contribution in [-0.2, 0) is 0 Å². The largest absolute Gasteiger partial charge is 0.270 e. The summed E-state index contributed by atoms with van der Waals surface area (Å²) in [6.45, 7) is 30.7. The second-order valence-electron chi connectivity index (χ2n) is 12.2. The fraction of sp³-hybridized carbons (Fsp3) is 0. The van der Waals surface area contributed by atoms with Crippen LogP contribution in [0, 0.1) is 71.6 Å². The van der Waals surface area contributed by atoms with E-state index in [0.717, 1.165) is 27.8 Å². The van der Waals surface area contributed by atoms with Crippen LogP contribution < -0.4 is 0 Å². The predicted molar refractivity (Wildman–Crippen MR) is 205 cm³/mol. The fourth-order valence-electron chi connectivity index (χ4n) is 6.74. The smallest absolute Gasteiger partial charge is 0.238 e. The minimum Gasteiger partial charge on any atom is -0.238 e. The third-order valence-electron chi connectivity index (χ3n) is 9.23. The molecule has 0 bridgehead atoms. The molecule has 7 rings (SSSR count). The average Bonchev–Trinajstić information content (AvgIpc) is 3.54. The summed E-state index contributed by atoms with van der Waals surface area (Å²) in [4.78, 5) is 14.3. The molecule has 0 unspecified atom stereocenters. The van der Waals surface area contributed by atoms with Crippen LogP contribution in [0.25, 0.3) is 80.6 Å². The maximum atomic E-state index is 10.3. The second-order valence-corrected chi connectivity index (χ2v) is 12.2. The molecule has 0 aliphatic heterocycles. The molecule has 0 heterocycles. The monoisotopic (exact) mass is 682 g/mol. The number of hydrogen-bond acceptors (Lipinski definition) is 4. The molecule has 6 aromatic rings. The molecule has 0 fully saturated rings. The van der Waals surface area contributed by atoms with E-state index in [1.54, 1.807) is 36.4 Å². The molecule has 0 atom stereocenters. The van der Waals surface area contributed by atoms with Crippen LogP contribution in [-0.4, -0.2) is 0 Å². The molecule has 6 aromatic carbocycles. The summed E-state index contributed by atoms with van der Waals surface area (Å²) in [5, 5.41) is 39.3. The van der Waals surface area contributed by atoms with Crippen molar-refractivity contribution >= 4 is 22.6 Å². The van der Waals surface area contributed by atoms with Crippen LogP contribution in [0.15, 0.2) is 115 Å². The zero-order valence-corrected chi connectivity index (χ0v) is 28.0. The highest BCUT2D eigenvalue weighted by atomic mass is 14.7. The van der Waals surface area contributed by atoms with E-state index in [-0.39, 0.29) is 5.70 Å². The van der Waals surface area contributed by atoms with E-state index in [1.807, 2.05) is 66.7 Å². The van der Waals surface area contributed by atoms with Crippen molar-refractivity contribution < 1.29 is 0 Å². The van der Waals surface area contributed by atoms with Gasteiger partial charge >= 0.3 is 0 Å². The lowest BCUT2D eigenvalue weighted by atomic mass is 9.91. The second kappa shape index (κ2) is 13.7. The van der Waals surface area contributed by atoms with Crippen LogP contribution >= 0.6 is 0 Å². The lowest BCUT2D eigenvalue weighted by molar-refractivity contribution is 1.46. The van der Waals surface area contributed by atoms with Crippen molar-refractivity contribution in [3.05, 3.63) is 188 Å². The number of rotatable bonds is 4. The molecule has 0 spiro atoms. The van der Waals surface area contributed by atoms with Crippen LogP contribution in [0.3, 0.4) is 0 Å². The fourth-order valence-corrected chi connectivity index (χ4v) is 6.74. The molecule has 1 aliphatic carbocycles. The van der Waals surface area contributed by atoms with E-state index in [4.69, 9.17) is 26.3 Å². The minimum atomic E-state index is -0.152. The van der Waals surface area contributed by atoms with E-state index in [2.05, 4.69) is 37.6 Å². The molecule has 0 saturated heterocycles. The molecule has 54 heavy (non-hydrogen) atoms. The van der Waals surface area contributed by atoms with E-state index >= 15 is 0 Å². The standard InChI is InChI=1S/C46H18N8/c1-51-36-15-27(23-47)13-33(17-36)29-5-9-31(10-6-29)38-20-40-41-21-39(32-11-7-30(8-12-32)34-14-28(24-48)16-37(18-34)52-2)44(53-3)22-43(41)46(45(26-50)54-4)42(40)19-35(38)25-49/h5-22H/b46-45-. The zero-order valence-electron chi connectivity index (χ0n) is 28.0. The lowest BCUT2D eigenvalue weighted by Gasteiger charge is -2.12. The summed E-state index contributed by atoms with van der Waals surface area (Å²) in [5.41, 5.74) is 10.6. The minimum absolute atomic E-state index is 0.152. The highest BCUT2D eigenvalue weighted by Gasteiger charge is 2.30. The Hall–Kier alpha value is -9.02. The van der Waals surface area contributed by atoms with Gasteiger partial charge < -0.3 is 0 Å². The average molecular weight is 683 g/mol. The Morgan fingerprint density at radius 3 is 1.35 bits per heavy atom. The molecule has 8 nitrogen and oxygen atoms in total. The Balaban J connectivity index is 1.37. The summed E-state index contributed by atoms with van der Waals surface area (Å²) < 4.78 is 0. The first-order valence-corrected chi connectivity index (χ1v) is 16.1. The van der Waals surface area contributed by atoms with E-state index < -0.39 is 0 Å². The van der Waals surface area contributed by atoms with Crippen LogP contribution in [0.2, 0.25) is 0 Å². The lowest BCUT2D eigenvalue weighted by Crippen LogP contribution is -1.91. The molecule has 8 heteroatoms. The maximum Gasteiger partial charge on any atom is 0.270 e. The van der Waals surface area contributed by atoms with Crippen LogP contribution in [0.5, 0.6) is 0 Å². The summed E-state index contributed by atoms with van der Waals surface area (Å²) in [6.07, 6.45) is 0. The van der Waals surface area contributed by atoms with Crippen molar-refractivity contribution in [2.45, 2.75) is 0 Å². The number of nitriles is 4.